The molecule has 1 aromatic carbocycles. The number of hydrogen-bond acceptors (Lipinski definition) is 2. The van der Waals surface area contributed by atoms with E-state index in [-0.39, 0.29) is 12.1 Å². The number of nitrogens with zero attached hydrogens (tertiary/aromatic N) is 2. The number of urea groups is 1. The molecule has 0 aromatic heterocycles. The summed E-state index contributed by atoms with van der Waals surface area (Å²) in [4.78, 5) is 16.2. The van der Waals surface area contributed by atoms with Gasteiger partial charge in [0.1, 0.15) is 0 Å². The third kappa shape index (κ3) is 3.79. The van der Waals surface area contributed by atoms with Crippen LogP contribution in [0.1, 0.15) is 20.3 Å². The highest BCUT2D eigenvalue weighted by atomic mass is 35.5. The van der Waals surface area contributed by atoms with E-state index in [9.17, 15) is 4.79 Å². The summed E-state index contributed by atoms with van der Waals surface area (Å²) in [6.07, 6.45) is 0.955. The number of anilines is 1. The van der Waals surface area contributed by atoms with Gasteiger partial charge in [-0.3, -0.25) is 0 Å². The van der Waals surface area contributed by atoms with Crippen molar-refractivity contribution < 1.29 is 4.79 Å². The van der Waals surface area contributed by atoms with Crippen LogP contribution in [0.2, 0.25) is 5.02 Å². The molecule has 4 nitrogen and oxygen atoms in total. The first-order chi connectivity index (χ1) is 9.60. The Kier molecular flexibility index (Phi) is 5.12. The predicted molar refractivity (Wildman–Crippen MR) is 83.5 cm³/mol. The molecule has 0 aliphatic carbocycles. The second-order valence-electron chi connectivity index (χ2n) is 5.21. The molecule has 1 N–H and O–H groups in total. The lowest BCUT2D eigenvalue weighted by atomic mass is 10.2. The molecule has 1 aliphatic heterocycles. The lowest BCUT2D eigenvalue weighted by Crippen LogP contribution is -2.53. The van der Waals surface area contributed by atoms with E-state index in [0.717, 1.165) is 43.3 Å². The van der Waals surface area contributed by atoms with Crippen molar-refractivity contribution in [2.75, 3.05) is 31.1 Å². The van der Waals surface area contributed by atoms with Crippen LogP contribution in [0.3, 0.4) is 0 Å². The van der Waals surface area contributed by atoms with Gasteiger partial charge in [-0.25, -0.2) is 4.79 Å². The van der Waals surface area contributed by atoms with E-state index >= 15 is 0 Å². The van der Waals surface area contributed by atoms with Crippen LogP contribution in [-0.4, -0.2) is 43.2 Å². The Morgan fingerprint density at radius 2 is 1.85 bits per heavy atom. The third-order valence-corrected chi connectivity index (χ3v) is 3.99. The van der Waals surface area contributed by atoms with E-state index in [0.29, 0.717) is 0 Å². The normalized spacial score (nSPS) is 16.9. The van der Waals surface area contributed by atoms with Gasteiger partial charge in [-0.15, -0.1) is 0 Å². The van der Waals surface area contributed by atoms with Crippen molar-refractivity contribution in [3.05, 3.63) is 29.3 Å². The van der Waals surface area contributed by atoms with Crippen LogP contribution >= 0.6 is 11.6 Å². The zero-order valence-electron chi connectivity index (χ0n) is 12.1. The molecule has 0 radical (unpaired) electrons. The van der Waals surface area contributed by atoms with Gasteiger partial charge in [0.2, 0.25) is 0 Å². The molecule has 1 heterocycles. The minimum Gasteiger partial charge on any atom is -0.368 e. The maximum atomic E-state index is 12.0. The number of carbonyl (C=O) groups is 1. The topological polar surface area (TPSA) is 35.6 Å². The fraction of sp³-hybridized carbons (Fsp3) is 0.533. The first-order valence-corrected chi connectivity index (χ1v) is 7.54. The highest BCUT2D eigenvalue weighted by molar-refractivity contribution is 6.30. The summed E-state index contributed by atoms with van der Waals surface area (Å²) >= 11 is 5.90. The van der Waals surface area contributed by atoms with Gasteiger partial charge in [0.25, 0.3) is 0 Å². The Hall–Kier alpha value is -1.42. The number of benzene rings is 1. The van der Waals surface area contributed by atoms with Gasteiger partial charge >= 0.3 is 6.03 Å². The molecule has 2 amide bonds. The Morgan fingerprint density at radius 3 is 2.40 bits per heavy atom. The second-order valence-corrected chi connectivity index (χ2v) is 5.65. The zero-order chi connectivity index (χ0) is 14.5. The molecule has 0 saturated carbocycles. The minimum atomic E-state index is 0.0510. The maximum Gasteiger partial charge on any atom is 0.317 e. The van der Waals surface area contributed by atoms with E-state index in [1.165, 1.54) is 0 Å². The van der Waals surface area contributed by atoms with Gasteiger partial charge in [-0.05, 0) is 37.6 Å². The highest BCUT2D eigenvalue weighted by Gasteiger charge is 2.21. The molecule has 1 aromatic rings. The molecule has 2 rings (SSSR count). The average molecular weight is 296 g/mol. The monoisotopic (exact) mass is 295 g/mol. The quantitative estimate of drug-likeness (QED) is 0.930. The number of piperazine rings is 1. The summed E-state index contributed by atoms with van der Waals surface area (Å²) < 4.78 is 0. The van der Waals surface area contributed by atoms with Crippen LogP contribution in [-0.2, 0) is 0 Å². The molecule has 1 aliphatic rings. The van der Waals surface area contributed by atoms with E-state index < -0.39 is 0 Å². The molecule has 1 fully saturated rings. The first kappa shape index (κ1) is 15.0. The van der Waals surface area contributed by atoms with Crippen molar-refractivity contribution in [2.24, 2.45) is 0 Å². The van der Waals surface area contributed by atoms with E-state index in [2.05, 4.69) is 17.1 Å². The molecular formula is C15H22ClN3O. The molecule has 1 saturated heterocycles. The van der Waals surface area contributed by atoms with Crippen molar-refractivity contribution in [1.82, 2.24) is 10.2 Å². The number of halogens is 1. The van der Waals surface area contributed by atoms with Crippen LogP contribution in [0.15, 0.2) is 24.3 Å². The molecule has 0 spiro atoms. The van der Waals surface area contributed by atoms with Crippen LogP contribution in [0, 0.1) is 0 Å². The van der Waals surface area contributed by atoms with Crippen molar-refractivity contribution in [1.29, 1.82) is 0 Å². The van der Waals surface area contributed by atoms with Gasteiger partial charge < -0.3 is 15.1 Å². The van der Waals surface area contributed by atoms with E-state index in [1.54, 1.807) is 0 Å². The average Bonchev–Trinajstić information content (AvgIpc) is 2.48. The number of rotatable bonds is 3. The third-order valence-electron chi connectivity index (χ3n) is 3.74. The van der Waals surface area contributed by atoms with Crippen molar-refractivity contribution in [2.45, 2.75) is 26.3 Å². The summed E-state index contributed by atoms with van der Waals surface area (Å²) in [7, 11) is 0. The summed E-state index contributed by atoms with van der Waals surface area (Å²) in [6, 6.07) is 8.14. The van der Waals surface area contributed by atoms with Gasteiger partial charge in [0, 0.05) is 42.9 Å². The van der Waals surface area contributed by atoms with Crippen molar-refractivity contribution in [3.8, 4) is 0 Å². The van der Waals surface area contributed by atoms with Crippen LogP contribution < -0.4 is 10.2 Å². The van der Waals surface area contributed by atoms with Gasteiger partial charge in [0.05, 0.1) is 0 Å². The van der Waals surface area contributed by atoms with E-state index in [4.69, 9.17) is 11.6 Å². The number of nitrogens with one attached hydrogen (secondary N) is 1. The Bertz CT molecular complexity index is 441. The van der Waals surface area contributed by atoms with Crippen LogP contribution in [0.4, 0.5) is 10.5 Å². The number of carbonyl (C=O) groups excluding carboxylic acids is 1. The van der Waals surface area contributed by atoms with Gasteiger partial charge in [-0.2, -0.15) is 0 Å². The molecule has 20 heavy (non-hydrogen) atoms. The summed E-state index contributed by atoms with van der Waals surface area (Å²) in [5.74, 6) is 0. The Morgan fingerprint density at radius 1 is 1.25 bits per heavy atom. The standard InChI is InChI=1S/C15H22ClN3O/c1-3-12(2)17-15(20)19-10-8-18(9-11-19)14-6-4-13(16)5-7-14/h4-7,12H,3,8-11H2,1-2H3,(H,17,20). The lowest BCUT2D eigenvalue weighted by Gasteiger charge is -2.36. The fourth-order valence-electron chi connectivity index (χ4n) is 2.22. The Balaban J connectivity index is 1.86. The van der Waals surface area contributed by atoms with Gasteiger partial charge in [-0.1, -0.05) is 18.5 Å². The second kappa shape index (κ2) is 6.84. The summed E-state index contributed by atoms with van der Waals surface area (Å²) in [5.41, 5.74) is 1.16. The SMILES string of the molecule is CCC(C)NC(=O)N1CCN(c2ccc(Cl)cc2)CC1. The smallest absolute Gasteiger partial charge is 0.317 e. The minimum absolute atomic E-state index is 0.0510. The first-order valence-electron chi connectivity index (χ1n) is 7.16. The fourth-order valence-corrected chi connectivity index (χ4v) is 2.35. The van der Waals surface area contributed by atoms with Gasteiger partial charge in [0.15, 0.2) is 0 Å². The molecule has 110 valence electrons. The summed E-state index contributed by atoms with van der Waals surface area (Å²) in [6.45, 7) is 7.33. The van der Waals surface area contributed by atoms with Crippen molar-refractivity contribution >= 4 is 23.3 Å². The van der Waals surface area contributed by atoms with Crippen LogP contribution in [0.5, 0.6) is 0 Å². The molecule has 1 atom stereocenters. The number of amides is 2. The van der Waals surface area contributed by atoms with Crippen LogP contribution in [0.25, 0.3) is 0 Å². The van der Waals surface area contributed by atoms with Crippen molar-refractivity contribution in [3.63, 3.8) is 0 Å². The van der Waals surface area contributed by atoms with E-state index in [1.807, 2.05) is 36.1 Å². The largest absolute Gasteiger partial charge is 0.368 e. The highest BCUT2D eigenvalue weighted by Crippen LogP contribution is 2.19. The molecule has 5 heteroatoms. The molecular weight excluding hydrogens is 274 g/mol. The molecule has 1 unspecified atom stereocenters. The zero-order valence-corrected chi connectivity index (χ0v) is 12.9. The summed E-state index contributed by atoms with van der Waals surface area (Å²) in [5, 5.41) is 3.76. The predicted octanol–water partition coefficient (Wildman–Crippen LogP) is 2.97. The Labute approximate surface area is 125 Å². The molecule has 0 bridgehead atoms. The maximum absolute atomic E-state index is 12.0. The number of hydrogen-bond donors (Lipinski definition) is 1. The lowest BCUT2D eigenvalue weighted by molar-refractivity contribution is 0.191.